The van der Waals surface area contributed by atoms with Crippen LogP contribution in [-0.4, -0.2) is 61.3 Å². The second-order valence-corrected chi connectivity index (χ2v) is 9.24. The predicted octanol–water partition coefficient (Wildman–Crippen LogP) is 1.06. The third-order valence-electron chi connectivity index (χ3n) is 5.69. The smallest absolute Gasteiger partial charge is 0.276 e. The molecule has 2 aliphatic rings. The zero-order valence-electron chi connectivity index (χ0n) is 16.8. The Morgan fingerprint density at radius 1 is 1.28 bits per heavy atom. The molecule has 2 aromatic heterocycles. The minimum absolute atomic E-state index is 0.0167. The number of rotatable bonds is 5. The molecule has 0 bridgehead atoms. The Morgan fingerprint density at radius 2 is 2.00 bits per heavy atom. The molecule has 9 nitrogen and oxygen atoms in total. The van der Waals surface area contributed by atoms with Crippen molar-refractivity contribution in [3.05, 3.63) is 36.3 Å². The fourth-order valence-electron chi connectivity index (χ4n) is 4.19. The van der Waals surface area contributed by atoms with Gasteiger partial charge in [-0.05, 0) is 6.26 Å². The second kappa shape index (κ2) is 7.01. The van der Waals surface area contributed by atoms with Gasteiger partial charge in [0.1, 0.15) is 5.82 Å². The fraction of sp³-hybridized carbons (Fsp3) is 0.526. The highest BCUT2D eigenvalue weighted by Gasteiger charge is 2.54. The maximum absolute atomic E-state index is 12.8. The van der Waals surface area contributed by atoms with Crippen LogP contribution in [0.5, 0.6) is 0 Å². The van der Waals surface area contributed by atoms with Crippen LogP contribution in [0.4, 0.5) is 5.82 Å². The highest BCUT2D eigenvalue weighted by molar-refractivity contribution is 7.98. The molecule has 4 heterocycles. The number of fused-ring (bicyclic) bond motifs is 2. The molecule has 1 saturated heterocycles. The van der Waals surface area contributed by atoms with Gasteiger partial charge in [-0.25, -0.2) is 15.0 Å². The quantitative estimate of drug-likeness (QED) is 0.749. The van der Waals surface area contributed by atoms with Crippen LogP contribution in [0.15, 0.2) is 24.8 Å². The first-order valence-corrected chi connectivity index (χ1v) is 10.9. The van der Waals surface area contributed by atoms with E-state index in [-0.39, 0.29) is 34.9 Å². The van der Waals surface area contributed by atoms with E-state index in [4.69, 9.17) is 5.73 Å². The lowest BCUT2D eigenvalue weighted by Crippen LogP contribution is -2.63. The first-order chi connectivity index (χ1) is 13.8. The van der Waals surface area contributed by atoms with Crippen molar-refractivity contribution in [1.82, 2.24) is 29.7 Å². The number of thioether (sulfide) groups is 1. The van der Waals surface area contributed by atoms with E-state index < -0.39 is 5.41 Å². The first kappa shape index (κ1) is 19.7. The van der Waals surface area contributed by atoms with Crippen molar-refractivity contribution in [1.29, 1.82) is 0 Å². The van der Waals surface area contributed by atoms with Crippen molar-refractivity contribution in [2.75, 3.05) is 30.8 Å². The molecule has 1 spiro atoms. The Kier molecular flexibility index (Phi) is 4.76. The van der Waals surface area contributed by atoms with E-state index in [1.165, 1.54) is 12.4 Å². The van der Waals surface area contributed by atoms with E-state index in [1.807, 2.05) is 26.3 Å². The molecule has 2 amide bonds. The molecular weight excluding hydrogens is 390 g/mol. The van der Waals surface area contributed by atoms with Crippen LogP contribution in [0, 0.1) is 5.41 Å². The molecule has 2 aliphatic heterocycles. The Labute approximate surface area is 173 Å². The number of amides is 2. The summed E-state index contributed by atoms with van der Waals surface area (Å²) in [6.45, 7) is 4.94. The second-order valence-electron chi connectivity index (χ2n) is 8.38. The van der Waals surface area contributed by atoms with Gasteiger partial charge >= 0.3 is 0 Å². The number of nitrogen functional groups attached to an aromatic ring is 1. The van der Waals surface area contributed by atoms with E-state index in [1.54, 1.807) is 22.9 Å². The lowest BCUT2D eigenvalue weighted by atomic mass is 9.85. The SMILES string of the molecule is CSCC(C)(C)C(=O)NC1CC2(CN(C(=O)c3nccnc3N)C2)n2ccnc21. The molecular formula is C19H25N7O2S. The van der Waals surface area contributed by atoms with Crippen molar-refractivity contribution in [3.8, 4) is 0 Å². The predicted molar refractivity (Wildman–Crippen MR) is 110 cm³/mol. The Bertz CT molecular complexity index is 952. The normalized spacial score (nSPS) is 19.7. The van der Waals surface area contributed by atoms with E-state index >= 15 is 0 Å². The number of nitrogens with zero attached hydrogens (tertiary/aromatic N) is 5. The number of imidazole rings is 1. The summed E-state index contributed by atoms with van der Waals surface area (Å²) in [6.07, 6.45) is 9.29. The van der Waals surface area contributed by atoms with Gasteiger partial charge < -0.3 is 20.5 Å². The molecule has 0 aliphatic carbocycles. The zero-order chi connectivity index (χ0) is 20.8. The minimum atomic E-state index is -0.461. The lowest BCUT2D eigenvalue weighted by Gasteiger charge is -2.48. The summed E-state index contributed by atoms with van der Waals surface area (Å²) in [5.74, 6) is 1.51. The molecule has 4 rings (SSSR count). The summed E-state index contributed by atoms with van der Waals surface area (Å²) in [5.41, 5.74) is 5.25. The number of carbonyl (C=O) groups excluding carboxylic acids is 2. The lowest BCUT2D eigenvalue weighted by molar-refractivity contribution is -0.129. The van der Waals surface area contributed by atoms with Gasteiger partial charge in [0.15, 0.2) is 11.5 Å². The van der Waals surface area contributed by atoms with Gasteiger partial charge in [0.05, 0.1) is 17.0 Å². The largest absolute Gasteiger partial charge is 0.382 e. The van der Waals surface area contributed by atoms with Crippen molar-refractivity contribution in [2.24, 2.45) is 5.41 Å². The van der Waals surface area contributed by atoms with E-state index in [9.17, 15) is 9.59 Å². The number of hydrogen-bond acceptors (Lipinski definition) is 7. The fourth-order valence-corrected chi connectivity index (χ4v) is 5.04. The third-order valence-corrected chi connectivity index (χ3v) is 6.70. The topological polar surface area (TPSA) is 119 Å². The summed E-state index contributed by atoms with van der Waals surface area (Å²) in [5, 5.41) is 3.17. The Morgan fingerprint density at radius 3 is 2.69 bits per heavy atom. The highest BCUT2D eigenvalue weighted by atomic mass is 32.2. The molecule has 3 N–H and O–H groups in total. The molecule has 1 fully saturated rings. The molecule has 1 atom stereocenters. The van der Waals surface area contributed by atoms with Gasteiger partial charge in [-0.2, -0.15) is 11.8 Å². The van der Waals surface area contributed by atoms with Crippen molar-refractivity contribution in [2.45, 2.75) is 31.8 Å². The summed E-state index contributed by atoms with van der Waals surface area (Å²) in [6, 6.07) is -0.169. The van der Waals surface area contributed by atoms with Crippen LogP contribution in [0.2, 0.25) is 0 Å². The van der Waals surface area contributed by atoms with Gasteiger partial charge in [-0.1, -0.05) is 13.8 Å². The van der Waals surface area contributed by atoms with Gasteiger partial charge in [0, 0.05) is 50.1 Å². The summed E-state index contributed by atoms with van der Waals surface area (Å²) >= 11 is 1.65. The average Bonchev–Trinajstić information content (AvgIpc) is 3.23. The molecule has 29 heavy (non-hydrogen) atoms. The zero-order valence-corrected chi connectivity index (χ0v) is 17.6. The standard InChI is InChI=1S/C19H25N7O2S/c1-18(2,11-29-3)17(28)24-12-8-19(26-7-6-23-15(12)26)9-25(10-19)16(27)13-14(20)22-5-4-21-13/h4-7,12H,8-11H2,1-3H3,(H2,20,22)(H,24,28). The van der Waals surface area contributed by atoms with E-state index in [0.29, 0.717) is 19.5 Å². The first-order valence-electron chi connectivity index (χ1n) is 9.47. The van der Waals surface area contributed by atoms with Crippen molar-refractivity contribution in [3.63, 3.8) is 0 Å². The monoisotopic (exact) mass is 415 g/mol. The number of anilines is 1. The molecule has 154 valence electrons. The molecule has 1 unspecified atom stereocenters. The highest BCUT2D eigenvalue weighted by Crippen LogP contribution is 2.45. The van der Waals surface area contributed by atoms with Gasteiger partial charge in [0.2, 0.25) is 5.91 Å². The summed E-state index contributed by atoms with van der Waals surface area (Å²) in [7, 11) is 0. The van der Waals surface area contributed by atoms with Crippen LogP contribution in [0.3, 0.4) is 0 Å². The minimum Gasteiger partial charge on any atom is -0.382 e. The van der Waals surface area contributed by atoms with Crippen LogP contribution in [0.25, 0.3) is 0 Å². The number of aromatic nitrogens is 4. The summed E-state index contributed by atoms with van der Waals surface area (Å²) in [4.78, 5) is 39.8. The Balaban J connectivity index is 1.48. The van der Waals surface area contributed by atoms with Crippen molar-refractivity contribution < 1.29 is 9.59 Å². The maximum atomic E-state index is 12.8. The number of carbonyl (C=O) groups is 2. The number of nitrogens with two attached hydrogens (primary N) is 1. The van der Waals surface area contributed by atoms with Crippen LogP contribution >= 0.6 is 11.8 Å². The van der Waals surface area contributed by atoms with Crippen LogP contribution in [-0.2, 0) is 10.3 Å². The van der Waals surface area contributed by atoms with E-state index in [0.717, 1.165) is 11.6 Å². The van der Waals surface area contributed by atoms with Gasteiger partial charge in [0.25, 0.3) is 5.91 Å². The molecule has 0 saturated carbocycles. The molecule has 0 aromatic carbocycles. The number of hydrogen-bond donors (Lipinski definition) is 2. The number of nitrogens with one attached hydrogen (secondary N) is 1. The van der Waals surface area contributed by atoms with Gasteiger partial charge in [-0.15, -0.1) is 0 Å². The third kappa shape index (κ3) is 3.25. The van der Waals surface area contributed by atoms with Crippen LogP contribution in [0.1, 0.15) is 42.6 Å². The average molecular weight is 416 g/mol. The maximum Gasteiger partial charge on any atom is 0.276 e. The molecule has 0 radical (unpaired) electrons. The van der Waals surface area contributed by atoms with Gasteiger partial charge in [-0.3, -0.25) is 9.59 Å². The molecule has 2 aromatic rings. The van der Waals surface area contributed by atoms with E-state index in [2.05, 4.69) is 24.8 Å². The molecule has 10 heteroatoms. The summed E-state index contributed by atoms with van der Waals surface area (Å²) < 4.78 is 2.10. The van der Waals surface area contributed by atoms with Crippen molar-refractivity contribution >= 4 is 29.4 Å². The number of likely N-dealkylation sites (tertiary alicyclic amines) is 1. The van der Waals surface area contributed by atoms with Crippen LogP contribution < -0.4 is 11.1 Å². The Hall–Kier alpha value is -2.62.